The fourth-order valence-corrected chi connectivity index (χ4v) is 7.09. The van der Waals surface area contributed by atoms with Gasteiger partial charge in [-0.15, -0.1) is 0 Å². The average Bonchev–Trinajstić information content (AvgIpc) is 3.10. The number of phosphoric acid groups is 1. The monoisotopic (exact) mass is 776 g/mol. The second-order valence-corrected chi connectivity index (χ2v) is 17.8. The summed E-state index contributed by atoms with van der Waals surface area (Å²) in [5.74, 6) is -0.820. The molecule has 10 heteroatoms. The van der Waals surface area contributed by atoms with Gasteiger partial charge in [0, 0.05) is 12.8 Å². The molecule has 0 aromatic carbocycles. The van der Waals surface area contributed by atoms with Crippen molar-refractivity contribution in [3.05, 3.63) is 0 Å². The third-order valence-corrected chi connectivity index (χ3v) is 10.8. The molecule has 53 heavy (non-hydrogen) atoms. The van der Waals surface area contributed by atoms with Crippen LogP contribution in [0.25, 0.3) is 0 Å². The maximum absolute atomic E-state index is 12.6. The fourth-order valence-electron chi connectivity index (χ4n) is 6.36. The molecule has 0 spiro atoms. The molecule has 9 nitrogen and oxygen atoms in total. The Hall–Kier alpha value is -0.990. The molecule has 0 aromatic rings. The molecule has 0 radical (unpaired) electrons. The first-order valence-corrected chi connectivity index (χ1v) is 23.7. The minimum absolute atomic E-state index is 0.0258. The van der Waals surface area contributed by atoms with Crippen LogP contribution >= 0.6 is 7.82 Å². The first kappa shape index (κ1) is 52.0. The van der Waals surface area contributed by atoms with Gasteiger partial charge in [0.25, 0.3) is 7.82 Å². The zero-order valence-corrected chi connectivity index (χ0v) is 36.4. The molecule has 0 aromatic heterocycles. The summed E-state index contributed by atoms with van der Waals surface area (Å²) in [5.41, 5.74) is 0. The summed E-state index contributed by atoms with van der Waals surface area (Å²) in [6.45, 7) is 4.26. The van der Waals surface area contributed by atoms with E-state index < -0.39 is 26.5 Å². The lowest BCUT2D eigenvalue weighted by molar-refractivity contribution is -0.870. The summed E-state index contributed by atoms with van der Waals surface area (Å²) < 4.78 is 33.9. The molecular weight excluding hydrogens is 689 g/mol. The van der Waals surface area contributed by atoms with Gasteiger partial charge in [-0.1, -0.05) is 187 Å². The number of phosphoric ester groups is 1. The van der Waals surface area contributed by atoms with Gasteiger partial charge in [-0.05, 0) is 12.8 Å². The second kappa shape index (κ2) is 36.6. The smallest absolute Gasteiger partial charge is 0.306 e. The van der Waals surface area contributed by atoms with E-state index in [9.17, 15) is 19.0 Å². The Morgan fingerprint density at radius 1 is 0.509 bits per heavy atom. The Balaban J connectivity index is 4.28. The number of quaternary nitrogens is 1. The topological polar surface area (TPSA) is 111 Å². The minimum Gasteiger partial charge on any atom is -0.756 e. The summed E-state index contributed by atoms with van der Waals surface area (Å²) in [5, 5.41) is 0. The van der Waals surface area contributed by atoms with Crippen molar-refractivity contribution in [1.82, 2.24) is 0 Å². The lowest BCUT2D eigenvalue weighted by Crippen LogP contribution is -2.37. The van der Waals surface area contributed by atoms with Crippen molar-refractivity contribution in [2.45, 2.75) is 219 Å². The van der Waals surface area contributed by atoms with Crippen molar-refractivity contribution in [1.29, 1.82) is 0 Å². The molecule has 0 aliphatic rings. The Morgan fingerprint density at radius 2 is 0.849 bits per heavy atom. The first-order chi connectivity index (χ1) is 25.5. The lowest BCUT2D eigenvalue weighted by atomic mass is 10.0. The Morgan fingerprint density at radius 3 is 1.21 bits per heavy atom. The molecule has 0 saturated heterocycles. The van der Waals surface area contributed by atoms with Crippen LogP contribution in [-0.2, 0) is 32.7 Å². The highest BCUT2D eigenvalue weighted by Gasteiger charge is 2.21. The van der Waals surface area contributed by atoms with Crippen molar-refractivity contribution < 1.29 is 42.1 Å². The number of hydrogen-bond donors (Lipinski definition) is 0. The van der Waals surface area contributed by atoms with E-state index in [4.69, 9.17) is 18.5 Å². The standard InChI is InChI=1S/C43H86NO8P/c1-6-8-10-12-14-16-18-20-21-22-23-24-26-27-29-31-33-35-42(45)49-39-41(40-51-53(47,48)50-38-37-44(3,4)5)52-43(46)36-34-32-30-28-25-19-17-15-13-11-9-7-2/h41H,6-40H2,1-5H3. The summed E-state index contributed by atoms with van der Waals surface area (Å²) in [6.07, 6.45) is 35.5. The second-order valence-electron chi connectivity index (χ2n) is 16.4. The molecule has 0 aliphatic heterocycles. The van der Waals surface area contributed by atoms with Crippen molar-refractivity contribution in [3.63, 3.8) is 0 Å². The first-order valence-electron chi connectivity index (χ1n) is 22.2. The molecule has 0 N–H and O–H groups in total. The predicted molar refractivity (Wildman–Crippen MR) is 218 cm³/mol. The van der Waals surface area contributed by atoms with Gasteiger partial charge in [0.05, 0.1) is 27.7 Å². The van der Waals surface area contributed by atoms with Crippen LogP contribution in [0.1, 0.15) is 213 Å². The molecule has 0 saturated carbocycles. The van der Waals surface area contributed by atoms with Gasteiger partial charge in [-0.2, -0.15) is 0 Å². The van der Waals surface area contributed by atoms with E-state index in [1.54, 1.807) is 0 Å². The molecule has 0 bridgehead atoms. The summed E-state index contributed by atoms with van der Waals surface area (Å²) in [7, 11) is 1.18. The zero-order valence-electron chi connectivity index (χ0n) is 35.5. The van der Waals surface area contributed by atoms with Gasteiger partial charge in [-0.3, -0.25) is 14.2 Å². The predicted octanol–water partition coefficient (Wildman–Crippen LogP) is 11.8. The molecule has 0 aliphatic carbocycles. The lowest BCUT2D eigenvalue weighted by Gasteiger charge is -2.28. The van der Waals surface area contributed by atoms with E-state index in [2.05, 4.69) is 13.8 Å². The number of likely N-dealkylation sites (N-methyl/N-ethyl adjacent to an activating group) is 1. The Bertz CT molecular complexity index is 881. The Labute approximate surface area is 327 Å². The van der Waals surface area contributed by atoms with Gasteiger partial charge in [0.1, 0.15) is 19.8 Å². The molecule has 0 rings (SSSR count). The fraction of sp³-hybridized carbons (Fsp3) is 0.953. The highest BCUT2D eigenvalue weighted by molar-refractivity contribution is 7.45. The third-order valence-electron chi connectivity index (χ3n) is 9.88. The van der Waals surface area contributed by atoms with E-state index >= 15 is 0 Å². The molecule has 316 valence electrons. The van der Waals surface area contributed by atoms with Gasteiger partial charge < -0.3 is 27.9 Å². The molecule has 0 fully saturated rings. The average molecular weight is 776 g/mol. The number of rotatable bonds is 41. The number of carbonyl (C=O) groups is 2. The largest absolute Gasteiger partial charge is 0.756 e. The van der Waals surface area contributed by atoms with Crippen molar-refractivity contribution in [3.8, 4) is 0 Å². The van der Waals surface area contributed by atoms with Gasteiger partial charge in [0.15, 0.2) is 6.10 Å². The van der Waals surface area contributed by atoms with Crippen LogP contribution in [0.5, 0.6) is 0 Å². The van der Waals surface area contributed by atoms with Gasteiger partial charge in [-0.25, -0.2) is 0 Å². The molecular formula is C43H86NO8P. The maximum atomic E-state index is 12.6. The SMILES string of the molecule is CCCCCCCCCCCCCCCCCCCC(=O)OCC(COP(=O)([O-])OCC[N+](C)(C)C)OC(=O)CCCCCCCCCCCCCC. The molecule has 0 amide bonds. The van der Waals surface area contributed by atoms with E-state index in [0.29, 0.717) is 17.4 Å². The van der Waals surface area contributed by atoms with E-state index in [1.807, 2.05) is 21.1 Å². The van der Waals surface area contributed by atoms with Crippen molar-refractivity contribution in [2.24, 2.45) is 0 Å². The quantitative estimate of drug-likeness (QED) is 0.0261. The van der Waals surface area contributed by atoms with Crippen molar-refractivity contribution >= 4 is 19.8 Å². The normalized spacial score (nSPS) is 13.5. The highest BCUT2D eigenvalue weighted by atomic mass is 31.2. The molecule has 2 unspecified atom stereocenters. The van der Waals surface area contributed by atoms with Gasteiger partial charge >= 0.3 is 11.9 Å². The highest BCUT2D eigenvalue weighted by Crippen LogP contribution is 2.38. The summed E-state index contributed by atoms with van der Waals surface area (Å²) in [4.78, 5) is 37.5. The van der Waals surface area contributed by atoms with Gasteiger partial charge in [0.2, 0.25) is 0 Å². The zero-order chi connectivity index (χ0) is 39.3. The number of ether oxygens (including phenoxy) is 2. The van der Waals surface area contributed by atoms with Crippen LogP contribution < -0.4 is 4.89 Å². The number of unbranched alkanes of at least 4 members (excludes halogenated alkanes) is 27. The van der Waals surface area contributed by atoms with Crippen LogP contribution in [0.4, 0.5) is 0 Å². The molecule has 0 heterocycles. The van der Waals surface area contributed by atoms with Crippen LogP contribution in [0.3, 0.4) is 0 Å². The van der Waals surface area contributed by atoms with Crippen LogP contribution in [0, 0.1) is 0 Å². The van der Waals surface area contributed by atoms with E-state index in [1.165, 1.54) is 148 Å². The third kappa shape index (κ3) is 40.5. The number of carbonyl (C=O) groups excluding carboxylic acids is 2. The van der Waals surface area contributed by atoms with Crippen molar-refractivity contribution in [2.75, 3.05) is 47.5 Å². The van der Waals surface area contributed by atoms with Crippen LogP contribution in [0.2, 0.25) is 0 Å². The number of esters is 2. The number of hydrogen-bond acceptors (Lipinski definition) is 8. The maximum Gasteiger partial charge on any atom is 0.306 e. The number of nitrogens with zero attached hydrogens (tertiary/aromatic N) is 1. The molecule has 2 atom stereocenters. The minimum atomic E-state index is -4.61. The van der Waals surface area contributed by atoms with Crippen LogP contribution in [0.15, 0.2) is 0 Å². The Kier molecular flexibility index (Phi) is 36.0. The van der Waals surface area contributed by atoms with E-state index in [0.717, 1.165) is 32.1 Å². The summed E-state index contributed by atoms with van der Waals surface area (Å²) >= 11 is 0. The summed E-state index contributed by atoms with van der Waals surface area (Å²) in [6, 6.07) is 0. The van der Waals surface area contributed by atoms with E-state index in [-0.39, 0.29) is 32.0 Å². The van der Waals surface area contributed by atoms with Crippen LogP contribution in [-0.4, -0.2) is 70.0 Å².